The minimum atomic E-state index is -0.784. The molecule has 0 saturated heterocycles. The first-order chi connectivity index (χ1) is 9.49. The molecule has 0 radical (unpaired) electrons. The Hall–Kier alpha value is -1.54. The number of amides is 1. The quantitative estimate of drug-likeness (QED) is 0.465. The number of nitrogens with zero attached hydrogens (tertiary/aromatic N) is 1. The third kappa shape index (κ3) is 4.53. The molecule has 0 aromatic heterocycles. The van der Waals surface area contributed by atoms with Crippen molar-refractivity contribution in [3.63, 3.8) is 0 Å². The number of nitro groups is 1. The number of benzene rings is 1. The van der Waals surface area contributed by atoms with Crippen molar-refractivity contribution in [2.45, 2.75) is 12.5 Å². The van der Waals surface area contributed by atoms with E-state index in [1.807, 2.05) is 0 Å². The summed E-state index contributed by atoms with van der Waals surface area (Å²) in [6, 6.07) is 2.56. The molecule has 1 N–H and O–H groups in total. The van der Waals surface area contributed by atoms with Crippen molar-refractivity contribution >= 4 is 27.5 Å². The standard InChI is InChI=1S/C12H14BrFN2O4/c1-20-7-9(4-5-13)15-12(17)10-3-2-8(14)6-11(10)16(18)19/h2-3,6,9H,4-5,7H2,1H3,(H,15,17). The fourth-order valence-electron chi connectivity index (χ4n) is 1.64. The van der Waals surface area contributed by atoms with E-state index in [2.05, 4.69) is 21.2 Å². The van der Waals surface area contributed by atoms with Crippen molar-refractivity contribution in [1.29, 1.82) is 0 Å². The highest BCUT2D eigenvalue weighted by Crippen LogP contribution is 2.19. The van der Waals surface area contributed by atoms with E-state index in [4.69, 9.17) is 4.74 Å². The number of nitrogens with one attached hydrogen (secondary N) is 1. The highest BCUT2D eigenvalue weighted by atomic mass is 79.9. The smallest absolute Gasteiger partial charge is 0.285 e. The molecular formula is C12H14BrFN2O4. The molecule has 1 atom stereocenters. The zero-order valence-electron chi connectivity index (χ0n) is 10.8. The summed E-state index contributed by atoms with van der Waals surface area (Å²) in [4.78, 5) is 22.1. The van der Waals surface area contributed by atoms with Crippen LogP contribution in [0.5, 0.6) is 0 Å². The maximum atomic E-state index is 13.0. The van der Waals surface area contributed by atoms with Crippen molar-refractivity contribution in [3.8, 4) is 0 Å². The predicted octanol–water partition coefficient (Wildman–Crippen LogP) is 2.26. The first kappa shape index (κ1) is 16.5. The Morgan fingerprint density at radius 3 is 2.85 bits per heavy atom. The largest absolute Gasteiger partial charge is 0.383 e. The van der Waals surface area contributed by atoms with Gasteiger partial charge in [0.2, 0.25) is 0 Å². The monoisotopic (exact) mass is 348 g/mol. The molecule has 0 saturated carbocycles. The fraction of sp³-hybridized carbons (Fsp3) is 0.417. The first-order valence-electron chi connectivity index (χ1n) is 5.79. The van der Waals surface area contributed by atoms with E-state index < -0.39 is 22.3 Å². The highest BCUT2D eigenvalue weighted by Gasteiger charge is 2.22. The van der Waals surface area contributed by atoms with Crippen molar-refractivity contribution < 1.29 is 18.8 Å². The number of halogens is 2. The Balaban J connectivity index is 2.93. The van der Waals surface area contributed by atoms with Gasteiger partial charge in [-0.05, 0) is 18.6 Å². The van der Waals surface area contributed by atoms with Gasteiger partial charge in [0, 0.05) is 12.4 Å². The lowest BCUT2D eigenvalue weighted by Crippen LogP contribution is -2.38. The van der Waals surface area contributed by atoms with E-state index >= 15 is 0 Å². The lowest BCUT2D eigenvalue weighted by Gasteiger charge is -2.16. The average Bonchev–Trinajstić information content (AvgIpc) is 2.38. The molecule has 0 heterocycles. The Kier molecular flexibility index (Phi) is 6.53. The Morgan fingerprint density at radius 1 is 1.60 bits per heavy atom. The number of alkyl halides is 1. The number of hydrogen-bond acceptors (Lipinski definition) is 4. The summed E-state index contributed by atoms with van der Waals surface area (Å²) in [7, 11) is 1.49. The van der Waals surface area contributed by atoms with Crippen LogP contribution in [0.4, 0.5) is 10.1 Å². The number of ether oxygens (including phenoxy) is 1. The fourth-order valence-corrected chi connectivity index (χ4v) is 2.19. The summed E-state index contributed by atoms with van der Waals surface area (Å²) in [5.74, 6) is -1.39. The summed E-state index contributed by atoms with van der Waals surface area (Å²) in [5, 5.41) is 14.1. The number of carbonyl (C=O) groups excluding carboxylic acids is 1. The van der Waals surface area contributed by atoms with Crippen LogP contribution in [0, 0.1) is 15.9 Å². The summed E-state index contributed by atoms with van der Waals surface area (Å²) >= 11 is 3.25. The van der Waals surface area contributed by atoms with E-state index in [9.17, 15) is 19.3 Å². The van der Waals surface area contributed by atoms with Crippen LogP contribution in [0.15, 0.2) is 18.2 Å². The average molecular weight is 349 g/mol. The molecular weight excluding hydrogens is 335 g/mol. The third-order valence-corrected chi connectivity index (χ3v) is 3.02. The van der Waals surface area contributed by atoms with Crippen LogP contribution >= 0.6 is 15.9 Å². The van der Waals surface area contributed by atoms with Gasteiger partial charge in [-0.3, -0.25) is 14.9 Å². The maximum absolute atomic E-state index is 13.0. The molecule has 1 amide bonds. The molecule has 0 bridgehead atoms. The van der Waals surface area contributed by atoms with Gasteiger partial charge < -0.3 is 10.1 Å². The molecule has 110 valence electrons. The van der Waals surface area contributed by atoms with Gasteiger partial charge in [0.25, 0.3) is 11.6 Å². The van der Waals surface area contributed by atoms with E-state index in [1.165, 1.54) is 7.11 Å². The van der Waals surface area contributed by atoms with Crippen molar-refractivity contribution in [1.82, 2.24) is 5.32 Å². The van der Waals surface area contributed by atoms with Crippen LogP contribution in [-0.4, -0.2) is 35.9 Å². The second kappa shape index (κ2) is 7.91. The molecule has 0 aliphatic rings. The zero-order chi connectivity index (χ0) is 15.1. The summed E-state index contributed by atoms with van der Waals surface area (Å²) < 4.78 is 18.0. The SMILES string of the molecule is COCC(CCBr)NC(=O)c1ccc(F)cc1[N+](=O)[O-]. The lowest BCUT2D eigenvalue weighted by molar-refractivity contribution is -0.385. The van der Waals surface area contributed by atoms with Gasteiger partial charge in [-0.25, -0.2) is 4.39 Å². The molecule has 8 heteroatoms. The number of carbonyl (C=O) groups is 1. The Morgan fingerprint density at radius 2 is 2.30 bits per heavy atom. The van der Waals surface area contributed by atoms with Crippen LogP contribution in [0.2, 0.25) is 0 Å². The molecule has 0 fully saturated rings. The molecule has 6 nitrogen and oxygen atoms in total. The molecule has 0 aliphatic carbocycles. The van der Waals surface area contributed by atoms with E-state index in [0.717, 1.165) is 18.2 Å². The zero-order valence-corrected chi connectivity index (χ0v) is 12.4. The van der Waals surface area contributed by atoms with Crippen LogP contribution in [0.1, 0.15) is 16.8 Å². The third-order valence-electron chi connectivity index (χ3n) is 2.56. The van der Waals surface area contributed by atoms with Crippen molar-refractivity contribution in [2.24, 2.45) is 0 Å². The highest BCUT2D eigenvalue weighted by molar-refractivity contribution is 9.09. The molecule has 0 aliphatic heterocycles. The van der Waals surface area contributed by atoms with Gasteiger partial charge in [0.05, 0.1) is 23.6 Å². The number of nitro benzene ring substituents is 1. The van der Waals surface area contributed by atoms with Gasteiger partial charge >= 0.3 is 0 Å². The van der Waals surface area contributed by atoms with Crippen molar-refractivity contribution in [2.75, 3.05) is 19.0 Å². The molecule has 1 aromatic carbocycles. The summed E-state index contributed by atoms with van der Waals surface area (Å²) in [6.07, 6.45) is 0.606. The molecule has 20 heavy (non-hydrogen) atoms. The van der Waals surface area contributed by atoms with E-state index in [1.54, 1.807) is 0 Å². The number of rotatable bonds is 7. The van der Waals surface area contributed by atoms with Crippen LogP contribution in [0.3, 0.4) is 0 Å². The minimum Gasteiger partial charge on any atom is -0.383 e. The molecule has 0 spiro atoms. The van der Waals surface area contributed by atoms with Gasteiger partial charge in [0.15, 0.2) is 0 Å². The van der Waals surface area contributed by atoms with Crippen LogP contribution < -0.4 is 5.32 Å². The Bertz CT molecular complexity index is 492. The van der Waals surface area contributed by atoms with Gasteiger partial charge in [-0.1, -0.05) is 15.9 Å². The molecule has 1 aromatic rings. The second-order valence-corrected chi connectivity index (χ2v) is 4.81. The van der Waals surface area contributed by atoms with Gasteiger partial charge in [0.1, 0.15) is 11.4 Å². The van der Waals surface area contributed by atoms with Gasteiger partial charge in [-0.2, -0.15) is 0 Å². The maximum Gasteiger partial charge on any atom is 0.285 e. The summed E-state index contributed by atoms with van der Waals surface area (Å²) in [5.41, 5.74) is -0.732. The van der Waals surface area contributed by atoms with E-state index in [-0.39, 0.29) is 18.2 Å². The van der Waals surface area contributed by atoms with Gasteiger partial charge in [-0.15, -0.1) is 0 Å². The topological polar surface area (TPSA) is 81.5 Å². The van der Waals surface area contributed by atoms with Crippen molar-refractivity contribution in [3.05, 3.63) is 39.7 Å². The van der Waals surface area contributed by atoms with Crippen LogP contribution in [-0.2, 0) is 4.74 Å². The summed E-state index contributed by atoms with van der Waals surface area (Å²) in [6.45, 7) is 0.284. The van der Waals surface area contributed by atoms with E-state index in [0.29, 0.717) is 11.8 Å². The molecule has 1 rings (SSSR count). The normalized spacial score (nSPS) is 11.9. The number of methoxy groups -OCH3 is 1. The van der Waals surface area contributed by atoms with Crippen LogP contribution in [0.25, 0.3) is 0 Å². The Labute approximate surface area is 123 Å². The second-order valence-electron chi connectivity index (χ2n) is 4.02. The number of hydrogen-bond donors (Lipinski definition) is 1. The lowest BCUT2D eigenvalue weighted by atomic mass is 10.1. The predicted molar refractivity (Wildman–Crippen MR) is 74.6 cm³/mol. The minimum absolute atomic E-state index is 0.174. The molecule has 1 unspecified atom stereocenters. The first-order valence-corrected chi connectivity index (χ1v) is 6.91.